The number of nitrogens with zero attached hydrogens (tertiary/aromatic N) is 2. The summed E-state index contributed by atoms with van der Waals surface area (Å²) in [5.74, 6) is 0.458. The molecular weight excluding hydrogens is 254 g/mol. The molecule has 2 N–H and O–H groups in total. The van der Waals surface area contributed by atoms with Gasteiger partial charge in [-0.15, -0.1) is 0 Å². The van der Waals surface area contributed by atoms with E-state index in [2.05, 4.69) is 10.1 Å². The summed E-state index contributed by atoms with van der Waals surface area (Å²) in [4.78, 5) is 4.02. The molecule has 0 amide bonds. The topological polar surface area (TPSA) is 99.1 Å². The minimum atomic E-state index is -3.22. The number of sulfone groups is 1. The monoisotopic (exact) mass is 275 g/mol. The lowest BCUT2D eigenvalue weighted by Gasteiger charge is -2.11. The molecule has 0 aliphatic heterocycles. The number of aromatic nitrogens is 2. The molecule has 1 rings (SSSR count). The normalized spacial score (nSPS) is 14.7. The van der Waals surface area contributed by atoms with Gasteiger partial charge in [0.1, 0.15) is 5.75 Å². The average Bonchev–Trinajstić information content (AvgIpc) is 2.63. The molecule has 1 atom stereocenters. The van der Waals surface area contributed by atoms with Gasteiger partial charge in [0.15, 0.2) is 15.7 Å². The Bertz CT molecular complexity index is 488. The van der Waals surface area contributed by atoms with Crippen molar-refractivity contribution >= 4 is 9.84 Å². The molecule has 1 aromatic rings. The van der Waals surface area contributed by atoms with E-state index < -0.39 is 15.4 Å². The molecule has 18 heavy (non-hydrogen) atoms. The van der Waals surface area contributed by atoms with Crippen molar-refractivity contribution in [2.75, 3.05) is 5.75 Å². The van der Waals surface area contributed by atoms with Gasteiger partial charge in [0.2, 0.25) is 5.89 Å². The van der Waals surface area contributed by atoms with E-state index in [1.807, 2.05) is 13.8 Å². The van der Waals surface area contributed by atoms with Gasteiger partial charge < -0.3 is 10.3 Å². The van der Waals surface area contributed by atoms with Crippen molar-refractivity contribution < 1.29 is 12.9 Å². The number of rotatable bonds is 6. The van der Waals surface area contributed by atoms with Crippen LogP contribution in [0.15, 0.2) is 4.52 Å². The lowest BCUT2D eigenvalue weighted by atomic mass is 10.1. The van der Waals surface area contributed by atoms with Gasteiger partial charge in [-0.2, -0.15) is 4.98 Å². The summed E-state index contributed by atoms with van der Waals surface area (Å²) in [6.45, 7) is 7.33. The quantitative estimate of drug-likeness (QED) is 0.838. The molecule has 0 spiro atoms. The van der Waals surface area contributed by atoms with Crippen LogP contribution in [0.25, 0.3) is 0 Å². The molecule has 104 valence electrons. The summed E-state index contributed by atoms with van der Waals surface area (Å²) in [5, 5.41) is 3.70. The molecule has 0 saturated heterocycles. The molecular formula is C11H21N3O3S. The van der Waals surface area contributed by atoms with Crippen molar-refractivity contribution in [3.05, 3.63) is 11.7 Å². The second-order valence-corrected chi connectivity index (χ2v) is 7.41. The molecule has 7 heteroatoms. The Balaban J connectivity index is 2.76. The molecule has 6 nitrogen and oxygen atoms in total. The molecule has 0 fully saturated rings. The van der Waals surface area contributed by atoms with Crippen LogP contribution in [0.2, 0.25) is 0 Å². The highest BCUT2D eigenvalue weighted by atomic mass is 32.2. The van der Waals surface area contributed by atoms with Crippen molar-refractivity contribution in [2.24, 2.45) is 11.7 Å². The Morgan fingerprint density at radius 2 is 2.06 bits per heavy atom. The van der Waals surface area contributed by atoms with Crippen LogP contribution in [-0.2, 0) is 21.1 Å². The SMILES string of the molecule is CCC(C)CS(=O)(=O)Cc1nc(C(C)(C)N)no1. The second kappa shape index (κ2) is 5.36. The Morgan fingerprint density at radius 1 is 1.44 bits per heavy atom. The van der Waals surface area contributed by atoms with Gasteiger partial charge >= 0.3 is 0 Å². The van der Waals surface area contributed by atoms with Gasteiger partial charge in [-0.05, 0) is 19.8 Å². The third kappa shape index (κ3) is 4.38. The fraction of sp³-hybridized carbons (Fsp3) is 0.818. The van der Waals surface area contributed by atoms with Crippen LogP contribution in [0.1, 0.15) is 45.8 Å². The summed E-state index contributed by atoms with van der Waals surface area (Å²) in [6, 6.07) is 0. The van der Waals surface area contributed by atoms with Crippen LogP contribution < -0.4 is 5.73 Å². The summed E-state index contributed by atoms with van der Waals surface area (Å²) in [5.41, 5.74) is 5.07. The summed E-state index contributed by atoms with van der Waals surface area (Å²) < 4.78 is 28.7. The van der Waals surface area contributed by atoms with Crippen molar-refractivity contribution in [1.82, 2.24) is 10.1 Å². The van der Waals surface area contributed by atoms with Crippen LogP contribution in [0, 0.1) is 5.92 Å². The van der Waals surface area contributed by atoms with Gasteiger partial charge in [-0.25, -0.2) is 8.42 Å². The van der Waals surface area contributed by atoms with Gasteiger partial charge in [0.25, 0.3) is 0 Å². The Kier molecular flexibility index (Phi) is 4.50. The molecule has 0 radical (unpaired) electrons. The van der Waals surface area contributed by atoms with Gasteiger partial charge in [-0.3, -0.25) is 0 Å². The molecule has 0 saturated carbocycles. The van der Waals surface area contributed by atoms with Gasteiger partial charge in [0.05, 0.1) is 11.3 Å². The van der Waals surface area contributed by atoms with Crippen LogP contribution in [0.4, 0.5) is 0 Å². The van der Waals surface area contributed by atoms with Crippen LogP contribution >= 0.6 is 0 Å². The van der Waals surface area contributed by atoms with Crippen LogP contribution in [0.3, 0.4) is 0 Å². The smallest absolute Gasteiger partial charge is 0.241 e. The molecule has 1 aromatic heterocycles. The minimum Gasteiger partial charge on any atom is -0.338 e. The van der Waals surface area contributed by atoms with Crippen molar-refractivity contribution in [2.45, 2.75) is 45.4 Å². The first-order valence-corrected chi connectivity index (χ1v) is 7.78. The van der Waals surface area contributed by atoms with E-state index in [0.717, 1.165) is 6.42 Å². The number of nitrogens with two attached hydrogens (primary N) is 1. The van der Waals surface area contributed by atoms with E-state index in [1.54, 1.807) is 13.8 Å². The lowest BCUT2D eigenvalue weighted by molar-refractivity contribution is 0.368. The second-order valence-electron chi connectivity index (χ2n) is 5.30. The fourth-order valence-electron chi connectivity index (χ4n) is 1.37. The van der Waals surface area contributed by atoms with Gasteiger partial charge in [0, 0.05) is 0 Å². The zero-order chi connectivity index (χ0) is 14.0. The summed E-state index contributed by atoms with van der Waals surface area (Å²) in [7, 11) is -3.22. The average molecular weight is 275 g/mol. The van der Waals surface area contributed by atoms with E-state index in [-0.39, 0.29) is 23.3 Å². The van der Waals surface area contributed by atoms with Gasteiger partial charge in [-0.1, -0.05) is 25.4 Å². The Hall–Kier alpha value is -0.950. The molecule has 0 aliphatic carbocycles. The number of hydrogen-bond donors (Lipinski definition) is 1. The predicted octanol–water partition coefficient (Wildman–Crippen LogP) is 1.22. The highest BCUT2D eigenvalue weighted by molar-refractivity contribution is 7.90. The third-order valence-corrected chi connectivity index (χ3v) is 4.39. The largest absolute Gasteiger partial charge is 0.338 e. The third-order valence-electron chi connectivity index (χ3n) is 2.62. The van der Waals surface area contributed by atoms with Crippen LogP contribution in [0.5, 0.6) is 0 Å². The van der Waals surface area contributed by atoms with E-state index in [0.29, 0.717) is 5.82 Å². The zero-order valence-corrected chi connectivity index (χ0v) is 12.1. The highest BCUT2D eigenvalue weighted by Gasteiger charge is 2.24. The molecule has 0 aliphatic rings. The fourth-order valence-corrected chi connectivity index (χ4v) is 3.09. The summed E-state index contributed by atoms with van der Waals surface area (Å²) >= 11 is 0. The predicted molar refractivity (Wildman–Crippen MR) is 68.5 cm³/mol. The standard InChI is InChI=1S/C11H21N3O3S/c1-5-8(2)6-18(15,16)7-9-13-10(14-17-9)11(3,4)12/h8H,5-7,12H2,1-4H3. The maximum atomic E-state index is 11.9. The van der Waals surface area contributed by atoms with E-state index in [1.165, 1.54) is 0 Å². The van der Waals surface area contributed by atoms with E-state index in [9.17, 15) is 8.42 Å². The first-order valence-electron chi connectivity index (χ1n) is 5.96. The minimum absolute atomic E-state index is 0.104. The lowest BCUT2D eigenvalue weighted by Crippen LogP contribution is -2.30. The molecule has 0 aromatic carbocycles. The first kappa shape index (κ1) is 15.1. The molecule has 0 bridgehead atoms. The van der Waals surface area contributed by atoms with E-state index >= 15 is 0 Å². The van der Waals surface area contributed by atoms with E-state index in [4.69, 9.17) is 10.3 Å². The molecule has 1 unspecified atom stereocenters. The number of hydrogen-bond acceptors (Lipinski definition) is 6. The Labute approximate surface area is 108 Å². The van der Waals surface area contributed by atoms with Crippen molar-refractivity contribution in [3.63, 3.8) is 0 Å². The molecule has 1 heterocycles. The van der Waals surface area contributed by atoms with Crippen LogP contribution in [-0.4, -0.2) is 24.3 Å². The first-order chi connectivity index (χ1) is 8.14. The summed E-state index contributed by atoms with van der Waals surface area (Å²) in [6.07, 6.45) is 0.824. The zero-order valence-electron chi connectivity index (χ0n) is 11.3. The Morgan fingerprint density at radius 3 is 2.50 bits per heavy atom. The maximum absolute atomic E-state index is 11.9. The highest BCUT2D eigenvalue weighted by Crippen LogP contribution is 2.15. The maximum Gasteiger partial charge on any atom is 0.241 e. The van der Waals surface area contributed by atoms with Crippen molar-refractivity contribution in [3.8, 4) is 0 Å². The van der Waals surface area contributed by atoms with Crippen molar-refractivity contribution in [1.29, 1.82) is 0 Å².